The van der Waals surface area contributed by atoms with Crippen molar-refractivity contribution >= 4 is 11.8 Å². The average molecular weight is 278 g/mol. The molecule has 3 heterocycles. The molecule has 0 atom stereocenters. The fraction of sp³-hybridized carbons (Fsp3) is 0.714. The summed E-state index contributed by atoms with van der Waals surface area (Å²) < 4.78 is 10.8. The molecular weight excluding hydrogens is 256 g/mol. The fourth-order valence-corrected chi connectivity index (χ4v) is 2.59. The van der Waals surface area contributed by atoms with E-state index in [0.717, 1.165) is 70.1 Å². The van der Waals surface area contributed by atoms with E-state index < -0.39 is 0 Å². The van der Waals surface area contributed by atoms with Gasteiger partial charge in [-0.3, -0.25) is 0 Å². The number of hydrogen-bond acceptors (Lipinski definition) is 6. The molecule has 2 aliphatic heterocycles. The van der Waals surface area contributed by atoms with Crippen LogP contribution >= 0.6 is 0 Å². The summed E-state index contributed by atoms with van der Waals surface area (Å²) in [5, 5.41) is 0. The number of aromatic nitrogens is 2. The van der Waals surface area contributed by atoms with Gasteiger partial charge in [0.2, 0.25) is 5.95 Å². The van der Waals surface area contributed by atoms with E-state index in [9.17, 15) is 0 Å². The lowest BCUT2D eigenvalue weighted by molar-refractivity contribution is 0.121. The van der Waals surface area contributed by atoms with Crippen molar-refractivity contribution in [1.29, 1.82) is 0 Å². The normalized spacial score (nSPS) is 20.3. The Bertz CT molecular complexity index is 468. The van der Waals surface area contributed by atoms with E-state index in [1.54, 1.807) is 0 Å². The maximum absolute atomic E-state index is 5.43. The Morgan fingerprint density at radius 3 is 1.95 bits per heavy atom. The average Bonchev–Trinajstić information content (AvgIpc) is 2.51. The van der Waals surface area contributed by atoms with Crippen LogP contribution in [-0.2, 0) is 9.47 Å². The number of anilines is 2. The van der Waals surface area contributed by atoms with E-state index in [2.05, 4.69) is 28.6 Å². The molecule has 0 saturated carbocycles. The smallest absolute Gasteiger partial charge is 0.227 e. The first-order valence-corrected chi connectivity index (χ1v) is 7.26. The Balaban J connectivity index is 1.89. The molecule has 20 heavy (non-hydrogen) atoms. The van der Waals surface area contributed by atoms with Gasteiger partial charge in [-0.05, 0) is 13.8 Å². The lowest BCUT2D eigenvalue weighted by Crippen LogP contribution is -2.40. The molecule has 0 N–H and O–H groups in total. The first-order valence-electron chi connectivity index (χ1n) is 7.26. The van der Waals surface area contributed by atoms with Gasteiger partial charge in [-0.1, -0.05) is 0 Å². The summed E-state index contributed by atoms with van der Waals surface area (Å²) >= 11 is 0. The van der Waals surface area contributed by atoms with Gasteiger partial charge in [-0.2, -0.15) is 4.98 Å². The number of nitrogens with zero attached hydrogens (tertiary/aromatic N) is 4. The van der Waals surface area contributed by atoms with Gasteiger partial charge in [0.05, 0.1) is 26.4 Å². The highest BCUT2D eigenvalue weighted by atomic mass is 16.5. The van der Waals surface area contributed by atoms with Gasteiger partial charge < -0.3 is 19.3 Å². The third kappa shape index (κ3) is 2.71. The molecule has 6 nitrogen and oxygen atoms in total. The zero-order valence-corrected chi connectivity index (χ0v) is 12.3. The van der Waals surface area contributed by atoms with Crippen LogP contribution in [0.2, 0.25) is 0 Å². The number of morpholine rings is 2. The van der Waals surface area contributed by atoms with Gasteiger partial charge >= 0.3 is 0 Å². The second-order valence-corrected chi connectivity index (χ2v) is 5.26. The Hall–Kier alpha value is -1.40. The van der Waals surface area contributed by atoms with Gasteiger partial charge in [-0.15, -0.1) is 0 Å². The predicted molar refractivity (Wildman–Crippen MR) is 77.6 cm³/mol. The van der Waals surface area contributed by atoms with Crippen molar-refractivity contribution in [3.05, 3.63) is 11.3 Å². The van der Waals surface area contributed by atoms with Gasteiger partial charge in [0.25, 0.3) is 0 Å². The van der Waals surface area contributed by atoms with Crippen molar-refractivity contribution < 1.29 is 9.47 Å². The Labute approximate surface area is 119 Å². The minimum Gasteiger partial charge on any atom is -0.378 e. The summed E-state index contributed by atoms with van der Waals surface area (Å²) in [6.45, 7) is 10.8. The maximum Gasteiger partial charge on any atom is 0.227 e. The number of aryl methyl sites for hydroxylation is 1. The van der Waals surface area contributed by atoms with Crippen LogP contribution in [0.25, 0.3) is 0 Å². The Kier molecular flexibility index (Phi) is 4.03. The summed E-state index contributed by atoms with van der Waals surface area (Å²) in [6, 6.07) is 0. The second kappa shape index (κ2) is 5.93. The summed E-state index contributed by atoms with van der Waals surface area (Å²) in [5.74, 6) is 1.89. The van der Waals surface area contributed by atoms with E-state index in [1.165, 1.54) is 5.56 Å². The molecule has 110 valence electrons. The third-order valence-corrected chi connectivity index (χ3v) is 3.96. The Morgan fingerprint density at radius 1 is 0.800 bits per heavy atom. The van der Waals surface area contributed by atoms with Gasteiger partial charge in [0, 0.05) is 37.4 Å². The zero-order chi connectivity index (χ0) is 13.9. The van der Waals surface area contributed by atoms with E-state index in [1.807, 2.05) is 0 Å². The van der Waals surface area contributed by atoms with Gasteiger partial charge in [0.15, 0.2) is 0 Å². The first-order chi connectivity index (χ1) is 9.75. The van der Waals surface area contributed by atoms with Crippen molar-refractivity contribution in [2.45, 2.75) is 13.8 Å². The number of hydrogen-bond donors (Lipinski definition) is 0. The zero-order valence-electron chi connectivity index (χ0n) is 12.3. The van der Waals surface area contributed by atoms with Crippen molar-refractivity contribution in [3.63, 3.8) is 0 Å². The van der Waals surface area contributed by atoms with Gasteiger partial charge in [-0.25, -0.2) is 4.98 Å². The predicted octanol–water partition coefficient (Wildman–Crippen LogP) is 0.767. The fourth-order valence-electron chi connectivity index (χ4n) is 2.59. The Morgan fingerprint density at radius 2 is 1.35 bits per heavy atom. The second-order valence-electron chi connectivity index (χ2n) is 5.26. The third-order valence-electron chi connectivity index (χ3n) is 3.96. The molecule has 0 spiro atoms. The molecule has 2 saturated heterocycles. The van der Waals surface area contributed by atoms with Crippen molar-refractivity contribution in [2.75, 3.05) is 62.4 Å². The number of rotatable bonds is 2. The van der Waals surface area contributed by atoms with E-state index in [-0.39, 0.29) is 0 Å². The number of ether oxygens (including phenoxy) is 2. The monoisotopic (exact) mass is 278 g/mol. The molecule has 2 fully saturated rings. The minimum atomic E-state index is 0.753. The molecule has 0 amide bonds. The highest BCUT2D eigenvalue weighted by Crippen LogP contribution is 2.24. The maximum atomic E-state index is 5.43. The van der Waals surface area contributed by atoms with Gasteiger partial charge in [0.1, 0.15) is 5.82 Å². The van der Waals surface area contributed by atoms with E-state index in [4.69, 9.17) is 14.5 Å². The summed E-state index contributed by atoms with van der Waals surface area (Å²) in [5.41, 5.74) is 2.23. The highest BCUT2D eigenvalue weighted by Gasteiger charge is 2.20. The van der Waals surface area contributed by atoms with Crippen molar-refractivity contribution in [3.8, 4) is 0 Å². The van der Waals surface area contributed by atoms with Crippen LogP contribution in [0.3, 0.4) is 0 Å². The van der Waals surface area contributed by atoms with Crippen LogP contribution in [0.1, 0.15) is 11.3 Å². The van der Waals surface area contributed by atoms with E-state index in [0.29, 0.717) is 0 Å². The SMILES string of the molecule is Cc1nc(N2CCOCC2)nc(N2CCOCC2)c1C. The summed E-state index contributed by atoms with van der Waals surface area (Å²) in [4.78, 5) is 14.0. The van der Waals surface area contributed by atoms with Crippen LogP contribution in [-0.4, -0.2) is 62.6 Å². The van der Waals surface area contributed by atoms with E-state index >= 15 is 0 Å². The molecule has 0 unspecified atom stereocenters. The van der Waals surface area contributed by atoms with Crippen molar-refractivity contribution in [1.82, 2.24) is 9.97 Å². The highest BCUT2D eigenvalue weighted by molar-refractivity contribution is 5.52. The molecule has 1 aromatic heterocycles. The molecule has 3 rings (SSSR count). The van der Waals surface area contributed by atoms with Crippen LogP contribution < -0.4 is 9.80 Å². The lowest BCUT2D eigenvalue weighted by atomic mass is 10.2. The molecule has 0 aromatic carbocycles. The standard InChI is InChI=1S/C14H22N4O2/c1-11-12(2)15-14(18-5-9-20-10-6-18)16-13(11)17-3-7-19-8-4-17/h3-10H2,1-2H3. The minimum absolute atomic E-state index is 0.753. The summed E-state index contributed by atoms with van der Waals surface area (Å²) in [7, 11) is 0. The van der Waals surface area contributed by atoms with Crippen LogP contribution in [0.5, 0.6) is 0 Å². The van der Waals surface area contributed by atoms with Crippen LogP contribution in [0.15, 0.2) is 0 Å². The molecule has 0 radical (unpaired) electrons. The lowest BCUT2D eigenvalue weighted by Gasteiger charge is -2.32. The largest absolute Gasteiger partial charge is 0.378 e. The molecule has 6 heteroatoms. The molecule has 1 aromatic rings. The summed E-state index contributed by atoms with van der Waals surface area (Å²) in [6.07, 6.45) is 0. The molecule has 0 aliphatic carbocycles. The van der Waals surface area contributed by atoms with Crippen molar-refractivity contribution in [2.24, 2.45) is 0 Å². The quantitative estimate of drug-likeness (QED) is 0.796. The topological polar surface area (TPSA) is 50.7 Å². The molecule has 2 aliphatic rings. The first kappa shape index (κ1) is 13.6. The molecule has 0 bridgehead atoms. The van der Waals surface area contributed by atoms with Crippen LogP contribution in [0, 0.1) is 13.8 Å². The van der Waals surface area contributed by atoms with Crippen LogP contribution in [0.4, 0.5) is 11.8 Å². The molecular formula is C14H22N4O2.